The van der Waals surface area contributed by atoms with Crippen molar-refractivity contribution in [3.63, 3.8) is 0 Å². The topological polar surface area (TPSA) is 47.1 Å². The minimum absolute atomic E-state index is 0.718. The fraction of sp³-hybridized carbons (Fsp3) is 0.368. The summed E-state index contributed by atoms with van der Waals surface area (Å²) in [7, 11) is 0. The van der Waals surface area contributed by atoms with Gasteiger partial charge in [-0.2, -0.15) is 0 Å². The number of nitrogens with zero attached hydrogens (tertiary/aromatic N) is 4. The number of hydrogen-bond donors (Lipinski definition) is 0. The van der Waals surface area contributed by atoms with Crippen LogP contribution in [0.3, 0.4) is 0 Å². The number of aromatic nitrogens is 3. The Bertz CT molecular complexity index is 847. The Hall–Kier alpha value is -2.40. The second-order valence-electron chi connectivity index (χ2n) is 6.78. The van der Waals surface area contributed by atoms with Crippen molar-refractivity contribution in [1.82, 2.24) is 19.6 Å². The zero-order valence-electron chi connectivity index (χ0n) is 13.6. The average molecular weight is 320 g/mol. The third kappa shape index (κ3) is 2.55. The minimum Gasteiger partial charge on any atom is -0.359 e. The van der Waals surface area contributed by atoms with Crippen molar-refractivity contribution in [2.24, 2.45) is 0 Å². The van der Waals surface area contributed by atoms with E-state index in [0.717, 1.165) is 49.1 Å². The standard InChI is InChI=1S/C19H20N4O/c1-2-4-14(5-3-1)17-10-16(24-21-17)11-22-9-8-19-18(12-22)20-13-23(19)15-6-7-15/h1-5,10,13,15H,6-9,11-12H2. The Kier molecular flexibility index (Phi) is 3.26. The summed E-state index contributed by atoms with van der Waals surface area (Å²) in [6.45, 7) is 2.73. The van der Waals surface area contributed by atoms with Crippen molar-refractivity contribution in [2.45, 2.75) is 38.4 Å². The number of hydrogen-bond acceptors (Lipinski definition) is 4. The highest BCUT2D eigenvalue weighted by Gasteiger charge is 2.29. The SMILES string of the molecule is c1ccc(-c2cc(CN3CCc4c(ncn4C4CC4)C3)on2)cc1. The predicted molar refractivity (Wildman–Crippen MR) is 90.3 cm³/mol. The Labute approximate surface area is 140 Å². The summed E-state index contributed by atoms with van der Waals surface area (Å²) in [5.74, 6) is 0.916. The lowest BCUT2D eigenvalue weighted by Gasteiger charge is -2.25. The largest absolute Gasteiger partial charge is 0.359 e. The van der Waals surface area contributed by atoms with Crippen LogP contribution in [0.15, 0.2) is 47.2 Å². The molecule has 0 saturated heterocycles. The third-order valence-electron chi connectivity index (χ3n) is 4.97. The molecule has 5 rings (SSSR count). The van der Waals surface area contributed by atoms with Gasteiger partial charge in [0.15, 0.2) is 5.76 Å². The van der Waals surface area contributed by atoms with Crippen LogP contribution in [0.25, 0.3) is 11.3 Å². The first-order valence-electron chi connectivity index (χ1n) is 8.65. The lowest BCUT2D eigenvalue weighted by atomic mass is 10.1. The first-order valence-corrected chi connectivity index (χ1v) is 8.65. The highest BCUT2D eigenvalue weighted by molar-refractivity contribution is 5.58. The molecular weight excluding hydrogens is 300 g/mol. The van der Waals surface area contributed by atoms with Crippen LogP contribution in [0.4, 0.5) is 0 Å². The summed E-state index contributed by atoms with van der Waals surface area (Å²) in [5.41, 5.74) is 4.67. The van der Waals surface area contributed by atoms with E-state index in [1.54, 1.807) is 0 Å². The van der Waals surface area contributed by atoms with Crippen molar-refractivity contribution in [3.8, 4) is 11.3 Å². The zero-order valence-corrected chi connectivity index (χ0v) is 13.6. The molecule has 5 nitrogen and oxygen atoms in total. The molecule has 1 fully saturated rings. The van der Waals surface area contributed by atoms with E-state index < -0.39 is 0 Å². The summed E-state index contributed by atoms with van der Waals surface area (Å²) in [6, 6.07) is 12.9. The van der Waals surface area contributed by atoms with Crippen LogP contribution in [0, 0.1) is 0 Å². The summed E-state index contributed by atoms with van der Waals surface area (Å²) in [6.07, 6.45) is 5.74. The summed E-state index contributed by atoms with van der Waals surface area (Å²) < 4.78 is 7.94. The van der Waals surface area contributed by atoms with E-state index >= 15 is 0 Å². The normalized spacial score (nSPS) is 17.8. The molecule has 0 N–H and O–H groups in total. The van der Waals surface area contributed by atoms with Gasteiger partial charge in [0.2, 0.25) is 0 Å². The molecule has 0 unspecified atom stereocenters. The number of imidazole rings is 1. The van der Waals surface area contributed by atoms with Crippen LogP contribution in [-0.2, 0) is 19.5 Å². The summed E-state index contributed by atoms with van der Waals surface area (Å²) in [5, 5.41) is 4.21. The smallest absolute Gasteiger partial charge is 0.151 e. The van der Waals surface area contributed by atoms with E-state index in [1.165, 1.54) is 24.2 Å². The Morgan fingerprint density at radius 2 is 2.04 bits per heavy atom. The fourth-order valence-electron chi connectivity index (χ4n) is 3.54. The number of fused-ring (bicyclic) bond motifs is 1. The Morgan fingerprint density at radius 1 is 1.17 bits per heavy atom. The number of rotatable bonds is 4. The number of benzene rings is 1. The molecule has 2 aromatic heterocycles. The maximum Gasteiger partial charge on any atom is 0.151 e. The molecule has 0 amide bonds. The molecule has 0 radical (unpaired) electrons. The average Bonchev–Trinajstić information content (AvgIpc) is 3.21. The van der Waals surface area contributed by atoms with Gasteiger partial charge in [0, 0.05) is 42.9 Å². The zero-order chi connectivity index (χ0) is 15.9. The van der Waals surface area contributed by atoms with Gasteiger partial charge in [0.05, 0.1) is 18.6 Å². The van der Waals surface area contributed by atoms with Crippen LogP contribution < -0.4 is 0 Å². The van der Waals surface area contributed by atoms with E-state index in [9.17, 15) is 0 Å². The molecule has 3 aromatic rings. The summed E-state index contributed by atoms with van der Waals surface area (Å²) in [4.78, 5) is 7.03. The molecule has 2 aliphatic rings. The van der Waals surface area contributed by atoms with E-state index in [0.29, 0.717) is 0 Å². The molecule has 5 heteroatoms. The van der Waals surface area contributed by atoms with Gasteiger partial charge in [-0.25, -0.2) is 4.98 Å². The van der Waals surface area contributed by atoms with Crippen molar-refractivity contribution in [3.05, 3.63) is 59.9 Å². The molecule has 1 saturated carbocycles. The molecule has 0 bridgehead atoms. The van der Waals surface area contributed by atoms with Gasteiger partial charge < -0.3 is 9.09 Å². The monoisotopic (exact) mass is 320 g/mol. The maximum atomic E-state index is 5.55. The molecule has 1 aliphatic carbocycles. The van der Waals surface area contributed by atoms with E-state index in [2.05, 4.69) is 31.7 Å². The molecule has 1 aromatic carbocycles. The van der Waals surface area contributed by atoms with Crippen molar-refractivity contribution in [2.75, 3.05) is 6.54 Å². The third-order valence-corrected chi connectivity index (χ3v) is 4.97. The lowest BCUT2D eigenvalue weighted by Crippen LogP contribution is -2.30. The van der Waals surface area contributed by atoms with Gasteiger partial charge in [-0.15, -0.1) is 0 Å². The Balaban J connectivity index is 1.30. The van der Waals surface area contributed by atoms with Crippen LogP contribution in [-0.4, -0.2) is 26.2 Å². The molecule has 24 heavy (non-hydrogen) atoms. The van der Waals surface area contributed by atoms with Crippen LogP contribution in [0.1, 0.15) is 36.0 Å². The second kappa shape index (κ2) is 5.60. The molecule has 3 heterocycles. The first kappa shape index (κ1) is 14.0. The lowest BCUT2D eigenvalue weighted by molar-refractivity contribution is 0.210. The van der Waals surface area contributed by atoms with Crippen LogP contribution in [0.5, 0.6) is 0 Å². The molecular formula is C19H20N4O. The first-order chi connectivity index (χ1) is 11.9. The van der Waals surface area contributed by atoms with Gasteiger partial charge >= 0.3 is 0 Å². The minimum atomic E-state index is 0.718. The predicted octanol–water partition coefficient (Wildman–Crippen LogP) is 3.43. The van der Waals surface area contributed by atoms with Gasteiger partial charge in [-0.3, -0.25) is 4.90 Å². The second-order valence-corrected chi connectivity index (χ2v) is 6.78. The highest BCUT2D eigenvalue weighted by atomic mass is 16.5. The van der Waals surface area contributed by atoms with Crippen molar-refractivity contribution in [1.29, 1.82) is 0 Å². The van der Waals surface area contributed by atoms with Gasteiger partial charge in [-0.05, 0) is 12.8 Å². The van der Waals surface area contributed by atoms with E-state index in [4.69, 9.17) is 4.52 Å². The van der Waals surface area contributed by atoms with Gasteiger partial charge in [0.25, 0.3) is 0 Å². The molecule has 122 valence electrons. The summed E-state index contributed by atoms with van der Waals surface area (Å²) >= 11 is 0. The maximum absolute atomic E-state index is 5.55. The molecule has 1 aliphatic heterocycles. The van der Waals surface area contributed by atoms with Gasteiger partial charge in [-0.1, -0.05) is 35.5 Å². The van der Waals surface area contributed by atoms with Crippen LogP contribution >= 0.6 is 0 Å². The van der Waals surface area contributed by atoms with Crippen molar-refractivity contribution >= 4 is 0 Å². The van der Waals surface area contributed by atoms with Crippen molar-refractivity contribution < 1.29 is 4.52 Å². The molecule has 0 atom stereocenters. The van der Waals surface area contributed by atoms with E-state index in [1.807, 2.05) is 30.6 Å². The van der Waals surface area contributed by atoms with E-state index in [-0.39, 0.29) is 0 Å². The Morgan fingerprint density at radius 3 is 2.88 bits per heavy atom. The molecule has 0 spiro atoms. The quantitative estimate of drug-likeness (QED) is 0.739. The fourth-order valence-corrected chi connectivity index (χ4v) is 3.54. The van der Waals surface area contributed by atoms with Gasteiger partial charge in [0.1, 0.15) is 5.69 Å². The highest BCUT2D eigenvalue weighted by Crippen LogP contribution is 2.37. The van der Waals surface area contributed by atoms with Crippen LogP contribution in [0.2, 0.25) is 0 Å².